The summed E-state index contributed by atoms with van der Waals surface area (Å²) in [5.74, 6) is -0.893. The van der Waals surface area contributed by atoms with Gasteiger partial charge in [0.05, 0.1) is 12.5 Å². The Balaban J connectivity index is 1.84. The number of nitrogens with one attached hydrogen (secondary N) is 2. The van der Waals surface area contributed by atoms with Crippen LogP contribution in [0.3, 0.4) is 0 Å². The fourth-order valence-electron chi connectivity index (χ4n) is 3.33. The average molecular weight is 452 g/mol. The van der Waals surface area contributed by atoms with Gasteiger partial charge in [-0.15, -0.1) is 0 Å². The van der Waals surface area contributed by atoms with Crippen molar-refractivity contribution in [2.24, 2.45) is 0 Å². The molecule has 0 fully saturated rings. The first-order chi connectivity index (χ1) is 15.5. The molecule has 0 radical (unpaired) electrons. The Morgan fingerprint density at radius 1 is 1.16 bits per heavy atom. The molecule has 3 rings (SSSR count). The molecule has 3 aromatic rings. The number of hydrogen-bond donors (Lipinski definition) is 3. The molecule has 1 heterocycles. The van der Waals surface area contributed by atoms with Gasteiger partial charge in [0.2, 0.25) is 0 Å². The lowest BCUT2D eigenvalue weighted by molar-refractivity contribution is -0.139. The highest BCUT2D eigenvalue weighted by atomic mass is 32.2. The first kappa shape index (κ1) is 23.3. The van der Waals surface area contributed by atoms with Crippen molar-refractivity contribution < 1.29 is 19.5 Å². The summed E-state index contributed by atoms with van der Waals surface area (Å²) in [4.78, 5) is 43.5. The van der Waals surface area contributed by atoms with Gasteiger partial charge in [0.1, 0.15) is 11.7 Å². The van der Waals surface area contributed by atoms with Crippen LogP contribution in [0.1, 0.15) is 39.3 Å². The van der Waals surface area contributed by atoms with E-state index in [9.17, 15) is 19.5 Å². The third kappa shape index (κ3) is 6.07. The number of rotatable bonds is 11. The molecule has 1 amide bonds. The van der Waals surface area contributed by atoms with Crippen LogP contribution < -0.4 is 5.32 Å². The van der Waals surface area contributed by atoms with Crippen LogP contribution in [-0.4, -0.2) is 50.8 Å². The van der Waals surface area contributed by atoms with E-state index in [-0.39, 0.29) is 5.78 Å². The second-order valence-electron chi connectivity index (χ2n) is 7.28. The SMILES string of the molecule is CSCCC(NC(=O)c1ccc(CCC(=O)c2cnc[nH]2)cc1-c1ccccc1)C(=O)O. The van der Waals surface area contributed by atoms with Crippen molar-refractivity contribution in [3.63, 3.8) is 0 Å². The van der Waals surface area contributed by atoms with E-state index in [2.05, 4.69) is 15.3 Å². The Morgan fingerprint density at radius 3 is 2.59 bits per heavy atom. The van der Waals surface area contributed by atoms with Crippen LogP contribution in [0.4, 0.5) is 0 Å². The van der Waals surface area contributed by atoms with E-state index in [0.717, 1.165) is 11.1 Å². The highest BCUT2D eigenvalue weighted by Crippen LogP contribution is 2.26. The molecule has 0 aliphatic rings. The molecule has 2 aromatic carbocycles. The van der Waals surface area contributed by atoms with Gasteiger partial charge in [0.25, 0.3) is 5.91 Å². The number of thioether (sulfide) groups is 1. The Labute approximate surface area is 190 Å². The number of carboxylic acids is 1. The van der Waals surface area contributed by atoms with Crippen molar-refractivity contribution in [2.75, 3.05) is 12.0 Å². The smallest absolute Gasteiger partial charge is 0.326 e. The maximum Gasteiger partial charge on any atom is 0.326 e. The monoisotopic (exact) mass is 451 g/mol. The summed E-state index contributed by atoms with van der Waals surface area (Å²) in [5.41, 5.74) is 3.31. The van der Waals surface area contributed by atoms with E-state index in [4.69, 9.17) is 0 Å². The molecule has 0 spiro atoms. The number of carbonyl (C=O) groups excluding carboxylic acids is 2. The topological polar surface area (TPSA) is 112 Å². The van der Waals surface area contributed by atoms with Crippen LogP contribution in [0.5, 0.6) is 0 Å². The van der Waals surface area contributed by atoms with Crippen LogP contribution >= 0.6 is 11.8 Å². The standard InChI is InChI=1S/C24H25N3O4S/c1-32-12-11-20(24(30)31)27-23(29)18-9-7-16(8-10-22(28)21-14-25-15-26-21)13-19(18)17-5-3-2-4-6-17/h2-7,9,13-15,20H,8,10-12H2,1H3,(H,25,26)(H,27,29)(H,30,31). The van der Waals surface area contributed by atoms with E-state index in [0.29, 0.717) is 41.8 Å². The minimum atomic E-state index is -1.05. The largest absolute Gasteiger partial charge is 0.480 e. The summed E-state index contributed by atoms with van der Waals surface area (Å²) in [7, 11) is 0. The number of carbonyl (C=O) groups is 3. The van der Waals surface area contributed by atoms with Crippen LogP contribution in [0.25, 0.3) is 11.1 Å². The van der Waals surface area contributed by atoms with Gasteiger partial charge in [-0.05, 0) is 47.6 Å². The van der Waals surface area contributed by atoms with E-state index in [1.54, 1.807) is 12.1 Å². The second-order valence-corrected chi connectivity index (χ2v) is 8.27. The van der Waals surface area contributed by atoms with Crippen molar-refractivity contribution in [2.45, 2.75) is 25.3 Å². The summed E-state index contributed by atoms with van der Waals surface area (Å²) in [6, 6.07) is 13.9. The van der Waals surface area contributed by atoms with Crippen LogP contribution in [0.15, 0.2) is 61.1 Å². The highest BCUT2D eigenvalue weighted by Gasteiger charge is 2.22. The minimum Gasteiger partial charge on any atom is -0.480 e. The number of amides is 1. The summed E-state index contributed by atoms with van der Waals surface area (Å²) in [6.07, 6.45) is 6.02. The number of aliphatic carboxylic acids is 1. The molecule has 8 heteroatoms. The zero-order valence-corrected chi connectivity index (χ0v) is 18.5. The number of aryl methyl sites for hydroxylation is 1. The van der Waals surface area contributed by atoms with Crippen LogP contribution in [0.2, 0.25) is 0 Å². The fourth-order valence-corrected chi connectivity index (χ4v) is 3.80. The highest BCUT2D eigenvalue weighted by molar-refractivity contribution is 7.98. The number of H-pyrrole nitrogens is 1. The van der Waals surface area contributed by atoms with Gasteiger partial charge in [-0.3, -0.25) is 9.59 Å². The number of carboxylic acid groups (broad SMARTS) is 1. The number of ketones is 1. The number of imidazole rings is 1. The van der Waals surface area contributed by atoms with E-state index < -0.39 is 17.9 Å². The molecular weight excluding hydrogens is 426 g/mol. The third-order valence-electron chi connectivity index (χ3n) is 5.07. The lowest BCUT2D eigenvalue weighted by Gasteiger charge is -2.17. The van der Waals surface area contributed by atoms with Gasteiger partial charge in [-0.1, -0.05) is 42.5 Å². The van der Waals surface area contributed by atoms with Gasteiger partial charge < -0.3 is 15.4 Å². The molecule has 1 aromatic heterocycles. The van der Waals surface area contributed by atoms with E-state index in [1.807, 2.05) is 42.7 Å². The molecule has 166 valence electrons. The van der Waals surface area contributed by atoms with Gasteiger partial charge in [-0.25, -0.2) is 9.78 Å². The van der Waals surface area contributed by atoms with Crippen molar-refractivity contribution in [3.8, 4) is 11.1 Å². The van der Waals surface area contributed by atoms with Crippen molar-refractivity contribution >= 4 is 29.4 Å². The number of Topliss-reactive ketones (excluding diaryl/α,β-unsaturated/α-hetero) is 1. The summed E-state index contributed by atoms with van der Waals surface area (Å²) < 4.78 is 0. The average Bonchev–Trinajstić information content (AvgIpc) is 3.35. The fraction of sp³-hybridized carbons (Fsp3) is 0.250. The van der Waals surface area contributed by atoms with Crippen molar-refractivity contribution in [3.05, 3.63) is 77.9 Å². The molecular formula is C24H25N3O4S. The Kier molecular flexibility index (Phi) is 8.21. The molecule has 0 aliphatic carbocycles. The predicted molar refractivity (Wildman–Crippen MR) is 125 cm³/mol. The van der Waals surface area contributed by atoms with Gasteiger partial charge >= 0.3 is 5.97 Å². The molecule has 1 atom stereocenters. The Hall–Kier alpha value is -3.39. The molecule has 0 saturated heterocycles. The van der Waals surface area contributed by atoms with Crippen LogP contribution in [0, 0.1) is 0 Å². The predicted octanol–water partition coefficient (Wildman–Crippen LogP) is 3.83. The molecule has 1 unspecified atom stereocenters. The van der Waals surface area contributed by atoms with Crippen LogP contribution in [-0.2, 0) is 11.2 Å². The first-order valence-electron chi connectivity index (χ1n) is 10.2. The van der Waals surface area contributed by atoms with Gasteiger partial charge in [-0.2, -0.15) is 11.8 Å². The molecule has 0 saturated carbocycles. The maximum atomic E-state index is 13.0. The normalized spacial score (nSPS) is 11.7. The molecule has 7 nitrogen and oxygen atoms in total. The Bertz CT molecular complexity index is 1070. The van der Waals surface area contributed by atoms with Gasteiger partial charge in [0.15, 0.2) is 5.78 Å². The quantitative estimate of drug-likeness (QED) is 0.382. The number of nitrogens with zero attached hydrogens (tertiary/aromatic N) is 1. The van der Waals surface area contributed by atoms with Gasteiger partial charge in [0, 0.05) is 12.0 Å². The summed E-state index contributed by atoms with van der Waals surface area (Å²) in [5, 5.41) is 12.1. The Morgan fingerprint density at radius 2 is 1.94 bits per heavy atom. The number of aromatic amines is 1. The lowest BCUT2D eigenvalue weighted by Crippen LogP contribution is -2.41. The molecule has 0 bridgehead atoms. The maximum absolute atomic E-state index is 13.0. The molecule has 32 heavy (non-hydrogen) atoms. The summed E-state index contributed by atoms with van der Waals surface area (Å²) >= 11 is 1.53. The van der Waals surface area contributed by atoms with E-state index in [1.165, 1.54) is 24.3 Å². The summed E-state index contributed by atoms with van der Waals surface area (Å²) in [6.45, 7) is 0. The third-order valence-corrected chi connectivity index (χ3v) is 5.71. The van der Waals surface area contributed by atoms with Crippen molar-refractivity contribution in [1.82, 2.24) is 15.3 Å². The first-order valence-corrected chi connectivity index (χ1v) is 11.6. The minimum absolute atomic E-state index is 0.0383. The number of benzene rings is 2. The number of hydrogen-bond acceptors (Lipinski definition) is 5. The van der Waals surface area contributed by atoms with Crippen molar-refractivity contribution in [1.29, 1.82) is 0 Å². The van der Waals surface area contributed by atoms with E-state index >= 15 is 0 Å². The number of aromatic nitrogens is 2. The zero-order chi connectivity index (χ0) is 22.9. The zero-order valence-electron chi connectivity index (χ0n) is 17.7. The molecule has 3 N–H and O–H groups in total. The second kappa shape index (κ2) is 11.3. The lowest BCUT2D eigenvalue weighted by atomic mass is 9.94. The molecule has 0 aliphatic heterocycles.